The van der Waals surface area contributed by atoms with E-state index < -0.39 is 17.9 Å². The van der Waals surface area contributed by atoms with Crippen LogP contribution in [0.15, 0.2) is 0 Å². The number of carbonyl (C=O) groups excluding carboxylic acids is 2. The highest BCUT2D eigenvalue weighted by Gasteiger charge is 2.69. The number of carbonyl (C=O) groups is 5. The minimum atomic E-state index is -0.697. The van der Waals surface area contributed by atoms with Gasteiger partial charge in [0.1, 0.15) is 11.6 Å². The molecule has 512 valence electrons. The number of ketones is 2. The van der Waals surface area contributed by atoms with Gasteiger partial charge in [-0.25, -0.2) is 0 Å². The number of carboxylic acid groups (broad SMARTS) is 3. The van der Waals surface area contributed by atoms with E-state index in [1.54, 1.807) is 0 Å². The number of aliphatic hydroxyl groups is 4. The van der Waals surface area contributed by atoms with Crippen LogP contribution in [0.2, 0.25) is 0 Å². The summed E-state index contributed by atoms with van der Waals surface area (Å²) in [5.74, 6) is 7.20. The molecule has 12 aliphatic carbocycles. The average molecular weight is 1260 g/mol. The standard InChI is InChI=1S/C26H44O4.2C26H42O4/c3*1-5-17-21-14-16(27)10-12-26(21,4)20-11-13-25(3)18(15(2)6-9-22(28)29)7-8-19(25)23(20)24(17)30/h15-21,23-24,27,30H,5-14H2,1-4H3,(H,28,29);2*15-21,23,27H,5-14H2,1-4H3,(H,28,29)/t15?,16-,17-,18-,19+,20+,21+,23+,24-,25-,26-;2*15?,16-,17-,18-,19+,20+,21+,23+,25-,26-/m111/s1. The number of hydrogen-bond acceptors (Lipinski definition) is 9. The lowest BCUT2D eigenvalue weighted by atomic mass is 9.41. The highest BCUT2D eigenvalue weighted by molar-refractivity contribution is 5.86. The van der Waals surface area contributed by atoms with Crippen LogP contribution in [0.25, 0.3) is 0 Å². The van der Waals surface area contributed by atoms with Gasteiger partial charge in [0, 0.05) is 42.9 Å². The van der Waals surface area contributed by atoms with E-state index in [2.05, 4.69) is 83.1 Å². The van der Waals surface area contributed by atoms with E-state index >= 15 is 0 Å². The molecule has 0 spiro atoms. The molecule has 0 aromatic heterocycles. The molecule has 12 aliphatic rings. The van der Waals surface area contributed by atoms with E-state index in [1.807, 2.05) is 0 Å². The maximum Gasteiger partial charge on any atom is 0.303 e. The molecule has 0 bridgehead atoms. The van der Waals surface area contributed by atoms with E-state index in [4.69, 9.17) is 15.3 Å². The molecule has 12 nitrogen and oxygen atoms in total. The molecule has 7 N–H and O–H groups in total. The van der Waals surface area contributed by atoms with Gasteiger partial charge in [0.2, 0.25) is 0 Å². The minimum Gasteiger partial charge on any atom is -0.481 e. The summed E-state index contributed by atoms with van der Waals surface area (Å²) in [5.41, 5.74) is 1.20. The van der Waals surface area contributed by atoms with Crippen molar-refractivity contribution in [2.45, 2.75) is 300 Å². The Balaban J connectivity index is 0.000000148. The van der Waals surface area contributed by atoms with Crippen LogP contribution in [0.1, 0.15) is 276 Å². The summed E-state index contributed by atoms with van der Waals surface area (Å²) >= 11 is 0. The predicted octanol–water partition coefficient (Wildman–Crippen LogP) is 15.8. The van der Waals surface area contributed by atoms with Gasteiger partial charge in [-0.05, 0) is 300 Å². The van der Waals surface area contributed by atoms with E-state index in [0.29, 0.717) is 112 Å². The molecule has 3 unspecified atom stereocenters. The molecule has 0 aromatic rings. The fourth-order valence-electron chi connectivity index (χ4n) is 27.8. The summed E-state index contributed by atoms with van der Waals surface area (Å²) in [6, 6.07) is 0. The number of rotatable bonds is 15. The van der Waals surface area contributed by atoms with E-state index in [0.717, 1.165) is 135 Å². The van der Waals surface area contributed by atoms with Gasteiger partial charge in [0.25, 0.3) is 0 Å². The minimum absolute atomic E-state index is 0.108. The van der Waals surface area contributed by atoms with Crippen molar-refractivity contribution in [3.05, 3.63) is 0 Å². The Morgan fingerprint density at radius 1 is 0.389 bits per heavy atom. The average Bonchev–Trinajstić information content (AvgIpc) is 1.44. The smallest absolute Gasteiger partial charge is 0.303 e. The van der Waals surface area contributed by atoms with Gasteiger partial charge in [0.05, 0.1) is 24.4 Å². The molecule has 0 radical (unpaired) electrons. The largest absolute Gasteiger partial charge is 0.481 e. The lowest BCUT2D eigenvalue weighted by molar-refractivity contribution is -0.203. The van der Waals surface area contributed by atoms with Crippen molar-refractivity contribution in [2.75, 3.05) is 0 Å². The molecule has 90 heavy (non-hydrogen) atoms. The van der Waals surface area contributed by atoms with Gasteiger partial charge in [0.15, 0.2) is 0 Å². The van der Waals surface area contributed by atoms with E-state index in [9.17, 15) is 44.4 Å². The SMILES string of the molecule is CC[C@H]1C(=O)[C@@H]2[C@H](CC[C@]3(C)[C@@H](C(C)CCC(=O)O)CC[C@@H]23)[C@@]2(C)CC[C@@H](O)C[C@@H]12.CC[C@H]1C(=O)[C@@H]2[C@H](CC[C@]3(C)[C@@H](C(C)CCC(=O)O)CC[C@@H]23)[C@@]2(C)CC[C@@H](O)C[C@@H]12.CC[C@H]1[C@@H](O)[C@@H]2[C@H](CC[C@]3(C)[C@@H](C(C)CCC(=O)O)CC[C@@H]23)[C@@]2(C)CC[C@@H](O)C[C@@H]12. The maximum atomic E-state index is 13.9. The van der Waals surface area contributed by atoms with E-state index in [-0.39, 0.29) is 99.8 Å². The molecule has 0 saturated heterocycles. The van der Waals surface area contributed by atoms with Crippen molar-refractivity contribution >= 4 is 29.5 Å². The monoisotopic (exact) mass is 1260 g/mol. The third kappa shape index (κ3) is 12.0. The summed E-state index contributed by atoms with van der Waals surface area (Å²) in [5, 5.41) is 70.3. The fourth-order valence-corrected chi connectivity index (χ4v) is 27.8. The van der Waals surface area contributed by atoms with Gasteiger partial charge >= 0.3 is 17.9 Å². The Kier molecular flexibility index (Phi) is 21.0. The molecule has 0 heterocycles. The predicted molar refractivity (Wildman–Crippen MR) is 351 cm³/mol. The third-order valence-electron chi connectivity index (χ3n) is 32.4. The normalized spacial score (nSPS) is 49.9. The number of carboxylic acids is 3. The molecule has 12 rings (SSSR count). The van der Waals surface area contributed by atoms with Crippen LogP contribution in [0, 0.1) is 157 Å². The topological polar surface area (TPSA) is 227 Å². The van der Waals surface area contributed by atoms with Gasteiger partial charge < -0.3 is 35.7 Å². The van der Waals surface area contributed by atoms with Gasteiger partial charge in [-0.1, -0.05) is 89.5 Å². The van der Waals surface area contributed by atoms with Crippen LogP contribution in [0.5, 0.6) is 0 Å². The summed E-state index contributed by atoms with van der Waals surface area (Å²) in [6.45, 7) is 28.0. The zero-order valence-electron chi connectivity index (χ0n) is 58.3. The van der Waals surface area contributed by atoms with Crippen LogP contribution in [0.4, 0.5) is 0 Å². The van der Waals surface area contributed by atoms with Crippen molar-refractivity contribution in [2.24, 2.45) is 157 Å². The fraction of sp³-hybridized carbons (Fsp3) is 0.936. The van der Waals surface area contributed by atoms with Gasteiger partial charge in [-0.15, -0.1) is 0 Å². The molecule has 31 atom stereocenters. The van der Waals surface area contributed by atoms with Crippen molar-refractivity contribution < 1.29 is 59.7 Å². The first-order valence-corrected chi connectivity index (χ1v) is 37.8. The molecular weight excluding hydrogens is 1130 g/mol. The van der Waals surface area contributed by atoms with Crippen LogP contribution in [-0.4, -0.2) is 89.6 Å². The molecule has 12 heteroatoms. The summed E-state index contributed by atoms with van der Waals surface area (Å²) in [4.78, 5) is 61.2. The Morgan fingerprint density at radius 3 is 1.02 bits per heavy atom. The summed E-state index contributed by atoms with van der Waals surface area (Å²) < 4.78 is 0. The molecule has 0 aliphatic heterocycles. The molecule has 0 amide bonds. The maximum absolute atomic E-state index is 13.9. The zero-order valence-corrected chi connectivity index (χ0v) is 58.3. The Hall–Kier alpha value is -2.41. The quantitative estimate of drug-likeness (QED) is 0.0813. The van der Waals surface area contributed by atoms with Crippen LogP contribution >= 0.6 is 0 Å². The van der Waals surface area contributed by atoms with Crippen molar-refractivity contribution in [3.8, 4) is 0 Å². The zero-order chi connectivity index (χ0) is 65.5. The van der Waals surface area contributed by atoms with Crippen LogP contribution in [-0.2, 0) is 24.0 Å². The molecule has 12 fully saturated rings. The van der Waals surface area contributed by atoms with E-state index in [1.165, 1.54) is 38.5 Å². The van der Waals surface area contributed by atoms with Crippen molar-refractivity contribution in [3.63, 3.8) is 0 Å². The molecule has 12 saturated carbocycles. The second kappa shape index (κ2) is 26.9. The highest BCUT2D eigenvalue weighted by atomic mass is 16.4. The summed E-state index contributed by atoms with van der Waals surface area (Å²) in [7, 11) is 0. The van der Waals surface area contributed by atoms with Gasteiger partial charge in [-0.2, -0.15) is 0 Å². The number of fused-ring (bicyclic) bond motifs is 15. The van der Waals surface area contributed by atoms with Crippen molar-refractivity contribution in [1.82, 2.24) is 0 Å². The molecular formula is C78H128O12. The number of Topliss-reactive ketones (excluding diaryl/α,β-unsaturated/α-hetero) is 2. The second-order valence-corrected chi connectivity index (χ2v) is 35.7. The highest BCUT2D eigenvalue weighted by Crippen LogP contribution is 2.73. The lowest BCUT2D eigenvalue weighted by Gasteiger charge is -2.64. The Labute approximate surface area is 543 Å². The number of hydrogen-bond donors (Lipinski definition) is 7. The van der Waals surface area contributed by atoms with Gasteiger partial charge in [-0.3, -0.25) is 24.0 Å². The number of aliphatic hydroxyl groups excluding tert-OH is 4. The Bertz CT molecular complexity index is 2450. The summed E-state index contributed by atoms with van der Waals surface area (Å²) in [6.07, 6.45) is 27.3. The number of aliphatic carboxylic acids is 3. The molecule has 0 aromatic carbocycles. The first kappa shape index (κ1) is 70.4. The first-order chi connectivity index (χ1) is 42.4. The first-order valence-electron chi connectivity index (χ1n) is 37.8. The lowest BCUT2D eigenvalue weighted by Crippen LogP contribution is -2.62. The third-order valence-corrected chi connectivity index (χ3v) is 32.4. The Morgan fingerprint density at radius 2 is 0.678 bits per heavy atom. The van der Waals surface area contributed by atoms with Crippen molar-refractivity contribution in [1.29, 1.82) is 0 Å². The van der Waals surface area contributed by atoms with Crippen LogP contribution < -0.4 is 0 Å². The second-order valence-electron chi connectivity index (χ2n) is 35.7. The van der Waals surface area contributed by atoms with Crippen LogP contribution in [0.3, 0.4) is 0 Å².